The van der Waals surface area contributed by atoms with Crippen LogP contribution in [0.5, 0.6) is 17.2 Å². The number of aliphatic imine (C=N–C) groups is 1. The molecule has 1 fully saturated rings. The monoisotopic (exact) mass is 517 g/mol. The number of aliphatic hydroxyl groups excluding tert-OH is 1. The zero-order valence-corrected chi connectivity index (χ0v) is 20.9. The Morgan fingerprint density at radius 1 is 1.20 bits per heavy atom. The van der Waals surface area contributed by atoms with Crippen molar-refractivity contribution in [1.29, 1.82) is 0 Å². The molecule has 0 amide bonds. The van der Waals surface area contributed by atoms with Gasteiger partial charge in [-0.25, -0.2) is 13.4 Å². The fourth-order valence-corrected chi connectivity index (χ4v) is 5.70. The molecule has 2 aromatic heterocycles. The molecule has 2 aliphatic heterocycles. The number of aromatic amines is 1. The number of pyridine rings is 1. The fraction of sp³-hybridized carbons (Fsp3) is 0.417. The van der Waals surface area contributed by atoms with E-state index in [1.807, 2.05) is 18.2 Å². The van der Waals surface area contributed by atoms with Gasteiger partial charge in [-0.05, 0) is 30.7 Å². The van der Waals surface area contributed by atoms with Gasteiger partial charge in [-0.2, -0.15) is 0 Å². The van der Waals surface area contributed by atoms with Crippen LogP contribution in [0.1, 0.15) is 25.0 Å². The maximum atomic E-state index is 11.7. The van der Waals surface area contributed by atoms with Crippen molar-refractivity contribution < 1.29 is 27.7 Å². The van der Waals surface area contributed by atoms with Crippen molar-refractivity contribution in [2.24, 2.45) is 4.99 Å². The topological polar surface area (TPSA) is 123 Å². The lowest BCUT2D eigenvalue weighted by Crippen LogP contribution is -2.25. The number of aliphatic hydroxyl groups is 1. The van der Waals surface area contributed by atoms with Crippen LogP contribution in [0.4, 0.5) is 0 Å². The summed E-state index contributed by atoms with van der Waals surface area (Å²) in [4.78, 5) is 12.1. The van der Waals surface area contributed by atoms with E-state index in [9.17, 15) is 13.5 Å². The minimum atomic E-state index is -3.39. The third-order valence-corrected chi connectivity index (χ3v) is 8.14. The van der Waals surface area contributed by atoms with Gasteiger partial charge in [-0.1, -0.05) is 11.8 Å². The zero-order chi connectivity index (χ0) is 24.4. The minimum Gasteiger partial charge on any atom is -0.488 e. The lowest BCUT2D eigenvalue weighted by Gasteiger charge is -2.24. The van der Waals surface area contributed by atoms with Crippen LogP contribution in [0.25, 0.3) is 10.9 Å². The lowest BCUT2D eigenvalue weighted by molar-refractivity contribution is 0.0260. The van der Waals surface area contributed by atoms with Gasteiger partial charge in [0.15, 0.2) is 14.9 Å². The summed E-state index contributed by atoms with van der Waals surface area (Å²) in [6, 6.07) is 8.77. The van der Waals surface area contributed by atoms with Crippen LogP contribution in [0.2, 0.25) is 0 Å². The highest BCUT2D eigenvalue weighted by molar-refractivity contribution is 8.15. The smallest absolute Gasteiger partial charge is 0.192 e. The van der Waals surface area contributed by atoms with Gasteiger partial charge >= 0.3 is 0 Å². The molecule has 0 spiro atoms. The molecule has 3 aromatic rings. The number of sulfone groups is 1. The van der Waals surface area contributed by atoms with E-state index in [0.717, 1.165) is 40.7 Å². The number of aromatic nitrogens is 2. The van der Waals surface area contributed by atoms with Gasteiger partial charge in [0, 0.05) is 42.4 Å². The van der Waals surface area contributed by atoms with E-state index >= 15 is 0 Å². The maximum Gasteiger partial charge on any atom is 0.192 e. The molecule has 0 saturated carbocycles. The van der Waals surface area contributed by atoms with E-state index in [0.29, 0.717) is 43.4 Å². The average molecular weight is 518 g/mol. The Balaban J connectivity index is 1.46. The van der Waals surface area contributed by atoms with E-state index in [2.05, 4.69) is 15.0 Å². The van der Waals surface area contributed by atoms with Gasteiger partial charge in [0.25, 0.3) is 0 Å². The van der Waals surface area contributed by atoms with Crippen LogP contribution in [-0.2, 0) is 14.6 Å². The van der Waals surface area contributed by atoms with E-state index in [-0.39, 0.29) is 23.0 Å². The first-order chi connectivity index (χ1) is 16.9. The Kier molecular flexibility index (Phi) is 7.01. The van der Waals surface area contributed by atoms with Gasteiger partial charge in [0.05, 0.1) is 37.2 Å². The van der Waals surface area contributed by atoms with Crippen molar-refractivity contribution >= 4 is 37.5 Å². The summed E-state index contributed by atoms with van der Waals surface area (Å²) >= 11 is 1.67. The summed E-state index contributed by atoms with van der Waals surface area (Å²) in [5.41, 5.74) is 1.76. The van der Waals surface area contributed by atoms with Gasteiger partial charge in [0.2, 0.25) is 0 Å². The molecule has 35 heavy (non-hydrogen) atoms. The number of benzene rings is 1. The number of ether oxygens (including phenoxy) is 3. The second-order valence-corrected chi connectivity index (χ2v) is 11.9. The van der Waals surface area contributed by atoms with Crippen LogP contribution in [-0.4, -0.2) is 72.5 Å². The Labute approximate surface area is 207 Å². The zero-order valence-electron chi connectivity index (χ0n) is 19.3. The standard InChI is InChI=1S/C24H27N3O6S2/c1-35(29,30)22-3-2-17(13-25-22)32-18-10-15-11-20(24-26-14-19(34-24)4-7-28)27-23(15)21(12-18)33-16-5-8-31-9-6-16/h2-3,10-13,16,19,27-28H,4-9,14H2,1H3. The van der Waals surface area contributed by atoms with Crippen molar-refractivity contribution in [3.8, 4) is 17.2 Å². The predicted molar refractivity (Wildman–Crippen MR) is 135 cm³/mol. The van der Waals surface area contributed by atoms with E-state index in [1.165, 1.54) is 12.3 Å². The Morgan fingerprint density at radius 2 is 2.03 bits per heavy atom. The highest BCUT2D eigenvalue weighted by atomic mass is 32.2. The van der Waals surface area contributed by atoms with Crippen molar-refractivity contribution in [2.75, 3.05) is 32.6 Å². The quantitative estimate of drug-likeness (QED) is 0.465. The molecule has 9 nitrogen and oxygen atoms in total. The first kappa shape index (κ1) is 24.1. The Morgan fingerprint density at radius 3 is 2.74 bits per heavy atom. The largest absolute Gasteiger partial charge is 0.488 e. The summed E-state index contributed by atoms with van der Waals surface area (Å²) in [5.74, 6) is 1.65. The second-order valence-electron chi connectivity index (χ2n) is 8.60. The van der Waals surface area contributed by atoms with Crippen molar-refractivity contribution in [3.05, 3.63) is 42.2 Å². The van der Waals surface area contributed by atoms with Crippen molar-refractivity contribution in [2.45, 2.75) is 35.6 Å². The van der Waals surface area contributed by atoms with E-state index in [1.54, 1.807) is 17.8 Å². The molecule has 0 aliphatic carbocycles. The van der Waals surface area contributed by atoms with Gasteiger partial charge < -0.3 is 24.3 Å². The van der Waals surface area contributed by atoms with E-state index in [4.69, 9.17) is 14.2 Å². The predicted octanol–water partition coefficient (Wildman–Crippen LogP) is 3.56. The summed E-state index contributed by atoms with van der Waals surface area (Å²) < 4.78 is 41.3. The molecule has 11 heteroatoms. The molecule has 5 rings (SSSR count). The second kappa shape index (κ2) is 10.2. The highest BCUT2D eigenvalue weighted by Crippen LogP contribution is 2.37. The number of hydrogen-bond acceptors (Lipinski definition) is 9. The van der Waals surface area contributed by atoms with Gasteiger partial charge in [0.1, 0.15) is 28.4 Å². The summed E-state index contributed by atoms with van der Waals surface area (Å²) in [6.45, 7) is 2.17. The number of fused-ring (bicyclic) bond motifs is 1. The summed E-state index contributed by atoms with van der Waals surface area (Å²) in [7, 11) is -3.39. The molecule has 4 heterocycles. The molecule has 1 atom stereocenters. The molecule has 1 unspecified atom stereocenters. The number of H-pyrrole nitrogens is 1. The van der Waals surface area contributed by atoms with Crippen molar-refractivity contribution in [1.82, 2.24) is 9.97 Å². The number of nitrogens with one attached hydrogen (secondary N) is 1. The SMILES string of the molecule is CS(=O)(=O)c1ccc(Oc2cc(OC3CCOCC3)c3[nH]c(C4=NCC(CCO)S4)cc3c2)cn1. The maximum absolute atomic E-state index is 11.7. The number of thioether (sulfide) groups is 1. The van der Waals surface area contributed by atoms with E-state index < -0.39 is 9.84 Å². The third-order valence-electron chi connectivity index (χ3n) is 5.85. The number of rotatable bonds is 8. The lowest BCUT2D eigenvalue weighted by atomic mass is 10.1. The Hall–Kier alpha value is -2.60. The minimum absolute atomic E-state index is 0.00606. The van der Waals surface area contributed by atoms with Crippen LogP contribution in [0, 0.1) is 0 Å². The average Bonchev–Trinajstić information content (AvgIpc) is 3.47. The molecule has 0 radical (unpaired) electrons. The number of nitrogens with zero attached hydrogens (tertiary/aromatic N) is 2. The van der Waals surface area contributed by atoms with Crippen molar-refractivity contribution in [3.63, 3.8) is 0 Å². The molecule has 2 aliphatic rings. The van der Waals surface area contributed by atoms with Crippen LogP contribution in [0.15, 0.2) is 46.5 Å². The van der Waals surface area contributed by atoms with Crippen LogP contribution >= 0.6 is 11.8 Å². The third kappa shape index (κ3) is 5.64. The summed E-state index contributed by atoms with van der Waals surface area (Å²) in [6.07, 6.45) is 4.88. The van der Waals surface area contributed by atoms with Gasteiger partial charge in [-0.3, -0.25) is 4.99 Å². The van der Waals surface area contributed by atoms with Crippen LogP contribution < -0.4 is 9.47 Å². The molecule has 1 aromatic carbocycles. The molecular weight excluding hydrogens is 490 g/mol. The first-order valence-electron chi connectivity index (χ1n) is 11.5. The van der Waals surface area contributed by atoms with Gasteiger partial charge in [-0.15, -0.1) is 0 Å². The summed E-state index contributed by atoms with van der Waals surface area (Å²) in [5, 5.41) is 11.4. The molecule has 1 saturated heterocycles. The molecule has 186 valence electrons. The molecule has 2 N–H and O–H groups in total. The van der Waals surface area contributed by atoms with Crippen LogP contribution in [0.3, 0.4) is 0 Å². The molecule has 0 bridgehead atoms. The normalized spacial score (nSPS) is 19.1. The number of hydrogen-bond donors (Lipinski definition) is 2. The molecular formula is C24H27N3O6S2. The fourth-order valence-electron chi connectivity index (χ4n) is 4.07. The highest BCUT2D eigenvalue weighted by Gasteiger charge is 2.23. The first-order valence-corrected chi connectivity index (χ1v) is 14.2. The Bertz CT molecular complexity index is 1330.